The molecule has 2 aliphatic rings. The summed E-state index contributed by atoms with van der Waals surface area (Å²) in [5, 5.41) is 10.9. The lowest BCUT2D eigenvalue weighted by molar-refractivity contribution is -0.161. The molecule has 4 rings (SSSR count). The van der Waals surface area contributed by atoms with E-state index < -0.39 is 5.79 Å². The van der Waals surface area contributed by atoms with Crippen molar-refractivity contribution in [3.8, 4) is 0 Å². The van der Waals surface area contributed by atoms with Gasteiger partial charge in [-0.25, -0.2) is 9.97 Å². The molecule has 1 aliphatic carbocycles. The van der Waals surface area contributed by atoms with Crippen LogP contribution in [0, 0.1) is 5.92 Å². The fraction of sp³-hybridized carbons (Fsp3) is 0.600. The number of nitrogens with zero attached hydrogens (tertiary/aromatic N) is 3. The van der Waals surface area contributed by atoms with Crippen molar-refractivity contribution in [2.24, 2.45) is 5.92 Å². The van der Waals surface area contributed by atoms with Crippen molar-refractivity contribution in [3.63, 3.8) is 0 Å². The van der Waals surface area contributed by atoms with E-state index >= 15 is 0 Å². The smallest absolute Gasteiger partial charge is 0.163 e. The SMILES string of the molecule is CC1(C)OC2C(CO)CC(n3ccc4c(Cl)ncnc43)C2O1. The van der Waals surface area contributed by atoms with Crippen molar-refractivity contribution in [2.45, 2.75) is 44.3 Å². The van der Waals surface area contributed by atoms with Crippen molar-refractivity contribution in [1.82, 2.24) is 14.5 Å². The highest BCUT2D eigenvalue weighted by Crippen LogP contribution is 2.47. The third kappa shape index (κ3) is 2.06. The first-order chi connectivity index (χ1) is 10.5. The summed E-state index contributed by atoms with van der Waals surface area (Å²) in [7, 11) is 0. The van der Waals surface area contributed by atoms with E-state index in [9.17, 15) is 5.11 Å². The minimum atomic E-state index is -0.628. The predicted molar refractivity (Wildman–Crippen MR) is 80.6 cm³/mol. The van der Waals surface area contributed by atoms with Crippen molar-refractivity contribution < 1.29 is 14.6 Å². The number of fused-ring (bicyclic) bond motifs is 2. The number of aliphatic hydroxyl groups is 1. The molecule has 2 fully saturated rings. The number of aromatic nitrogens is 3. The molecule has 0 spiro atoms. The first kappa shape index (κ1) is 14.4. The Labute approximate surface area is 133 Å². The average molecular weight is 324 g/mol. The standard InChI is InChI=1S/C15H18ClN3O3/c1-15(2)21-11-8(6-20)5-10(12(11)22-15)19-4-3-9-13(16)17-7-18-14(9)19/h3-4,7-8,10-12,20H,5-6H2,1-2H3. The summed E-state index contributed by atoms with van der Waals surface area (Å²) in [6, 6.07) is 1.98. The van der Waals surface area contributed by atoms with E-state index in [2.05, 4.69) is 14.5 Å². The minimum Gasteiger partial charge on any atom is -0.396 e. The van der Waals surface area contributed by atoms with Gasteiger partial charge >= 0.3 is 0 Å². The van der Waals surface area contributed by atoms with Crippen LogP contribution < -0.4 is 0 Å². The highest BCUT2D eigenvalue weighted by Gasteiger charge is 2.54. The van der Waals surface area contributed by atoms with E-state index in [-0.39, 0.29) is 30.8 Å². The summed E-state index contributed by atoms with van der Waals surface area (Å²) >= 11 is 6.13. The van der Waals surface area contributed by atoms with Gasteiger partial charge in [0.1, 0.15) is 23.2 Å². The second-order valence-corrected chi connectivity index (χ2v) is 6.79. The van der Waals surface area contributed by atoms with Gasteiger partial charge in [-0.05, 0) is 26.3 Å². The van der Waals surface area contributed by atoms with Crippen LogP contribution in [0.25, 0.3) is 11.0 Å². The van der Waals surface area contributed by atoms with Crippen molar-refractivity contribution in [3.05, 3.63) is 23.7 Å². The molecular formula is C15H18ClN3O3. The van der Waals surface area contributed by atoms with Crippen LogP contribution in [0.2, 0.25) is 5.15 Å². The van der Waals surface area contributed by atoms with Gasteiger partial charge in [-0.15, -0.1) is 0 Å². The maximum atomic E-state index is 9.66. The zero-order valence-corrected chi connectivity index (χ0v) is 13.2. The molecule has 0 aromatic carbocycles. The number of halogens is 1. The molecule has 6 nitrogen and oxygen atoms in total. The van der Waals surface area contributed by atoms with E-state index in [4.69, 9.17) is 21.1 Å². The Hall–Kier alpha value is -1.21. The lowest BCUT2D eigenvalue weighted by atomic mass is 10.1. The van der Waals surface area contributed by atoms with Crippen LogP contribution >= 0.6 is 11.6 Å². The molecular weight excluding hydrogens is 306 g/mol. The van der Waals surface area contributed by atoms with E-state index in [1.54, 1.807) is 0 Å². The van der Waals surface area contributed by atoms with Gasteiger partial charge in [0.15, 0.2) is 5.79 Å². The summed E-state index contributed by atoms with van der Waals surface area (Å²) in [4.78, 5) is 8.37. The highest BCUT2D eigenvalue weighted by molar-refractivity contribution is 6.33. The van der Waals surface area contributed by atoms with Crippen LogP contribution in [0.3, 0.4) is 0 Å². The Morgan fingerprint density at radius 2 is 2.14 bits per heavy atom. The summed E-state index contributed by atoms with van der Waals surface area (Å²) in [6.45, 7) is 3.90. The first-order valence-electron chi connectivity index (χ1n) is 7.44. The molecule has 7 heteroatoms. The quantitative estimate of drug-likeness (QED) is 0.858. The van der Waals surface area contributed by atoms with E-state index in [0.29, 0.717) is 5.15 Å². The molecule has 4 atom stereocenters. The van der Waals surface area contributed by atoms with Gasteiger partial charge in [0, 0.05) is 18.7 Å². The normalized spacial score (nSPS) is 33.5. The second kappa shape index (κ2) is 4.89. The second-order valence-electron chi connectivity index (χ2n) is 6.44. The number of ether oxygens (including phenoxy) is 2. The van der Waals surface area contributed by atoms with Gasteiger partial charge in [0.2, 0.25) is 0 Å². The summed E-state index contributed by atoms with van der Waals surface area (Å²) in [5.41, 5.74) is 0.788. The molecule has 3 heterocycles. The molecule has 1 saturated carbocycles. The Balaban J connectivity index is 1.77. The Kier molecular flexibility index (Phi) is 3.20. The van der Waals surface area contributed by atoms with Crippen LogP contribution in [-0.4, -0.2) is 44.2 Å². The fourth-order valence-corrected chi connectivity index (χ4v) is 3.91. The zero-order chi connectivity index (χ0) is 15.5. The van der Waals surface area contributed by atoms with Crippen LogP contribution in [0.4, 0.5) is 0 Å². The summed E-state index contributed by atoms with van der Waals surface area (Å²) in [5.74, 6) is -0.566. The van der Waals surface area contributed by atoms with Crippen LogP contribution in [-0.2, 0) is 9.47 Å². The lowest BCUT2D eigenvalue weighted by Crippen LogP contribution is -2.27. The van der Waals surface area contributed by atoms with E-state index in [1.165, 1.54) is 6.33 Å². The minimum absolute atomic E-state index is 0.0616. The summed E-state index contributed by atoms with van der Waals surface area (Å²) < 4.78 is 14.1. The van der Waals surface area contributed by atoms with Crippen LogP contribution in [0.15, 0.2) is 18.6 Å². The fourth-order valence-electron chi connectivity index (χ4n) is 3.72. The molecule has 4 unspecified atom stereocenters. The predicted octanol–water partition coefficient (Wildman–Crippen LogP) is 2.16. The maximum absolute atomic E-state index is 9.66. The molecule has 0 radical (unpaired) electrons. The molecule has 1 N–H and O–H groups in total. The lowest BCUT2D eigenvalue weighted by Gasteiger charge is -2.24. The van der Waals surface area contributed by atoms with E-state index in [0.717, 1.165) is 17.5 Å². The topological polar surface area (TPSA) is 69.4 Å². The third-order valence-corrected chi connectivity index (χ3v) is 4.91. The van der Waals surface area contributed by atoms with Crippen molar-refractivity contribution in [2.75, 3.05) is 6.61 Å². The largest absolute Gasteiger partial charge is 0.396 e. The van der Waals surface area contributed by atoms with Gasteiger partial charge in [-0.1, -0.05) is 11.6 Å². The first-order valence-corrected chi connectivity index (χ1v) is 7.81. The Morgan fingerprint density at radius 1 is 1.36 bits per heavy atom. The molecule has 1 aliphatic heterocycles. The number of aliphatic hydroxyl groups excluding tert-OH is 1. The summed E-state index contributed by atoms with van der Waals surface area (Å²) in [6.07, 6.45) is 4.01. The maximum Gasteiger partial charge on any atom is 0.163 e. The van der Waals surface area contributed by atoms with Gasteiger partial charge in [0.05, 0.1) is 17.5 Å². The molecule has 0 bridgehead atoms. The molecule has 0 amide bonds. The number of hydrogen-bond donors (Lipinski definition) is 1. The number of rotatable bonds is 2. The highest BCUT2D eigenvalue weighted by atomic mass is 35.5. The Morgan fingerprint density at radius 3 is 2.91 bits per heavy atom. The molecule has 2 aromatic rings. The number of hydrogen-bond acceptors (Lipinski definition) is 5. The molecule has 2 aromatic heterocycles. The van der Waals surface area contributed by atoms with Gasteiger partial charge in [-0.3, -0.25) is 0 Å². The van der Waals surface area contributed by atoms with Gasteiger partial charge in [-0.2, -0.15) is 0 Å². The van der Waals surface area contributed by atoms with Crippen molar-refractivity contribution >= 4 is 22.6 Å². The van der Waals surface area contributed by atoms with Crippen LogP contribution in [0.5, 0.6) is 0 Å². The van der Waals surface area contributed by atoms with E-state index in [1.807, 2.05) is 26.1 Å². The van der Waals surface area contributed by atoms with Crippen molar-refractivity contribution in [1.29, 1.82) is 0 Å². The monoisotopic (exact) mass is 323 g/mol. The van der Waals surface area contributed by atoms with Gasteiger partial charge in [0.25, 0.3) is 0 Å². The molecule has 1 saturated heterocycles. The van der Waals surface area contributed by atoms with Gasteiger partial charge < -0.3 is 19.1 Å². The van der Waals surface area contributed by atoms with Crippen LogP contribution in [0.1, 0.15) is 26.3 Å². The zero-order valence-electron chi connectivity index (χ0n) is 12.4. The Bertz CT molecular complexity index is 717. The average Bonchev–Trinajstić information content (AvgIpc) is 3.10. The third-order valence-electron chi connectivity index (χ3n) is 4.60. The molecule has 118 valence electrons. The molecule has 22 heavy (non-hydrogen) atoms.